The van der Waals surface area contributed by atoms with Crippen molar-refractivity contribution in [3.05, 3.63) is 84.5 Å². The van der Waals surface area contributed by atoms with Crippen LogP contribution in [0.5, 0.6) is 11.5 Å². The highest BCUT2D eigenvalue weighted by Crippen LogP contribution is 2.24. The molecule has 2 aromatic carbocycles. The Morgan fingerprint density at radius 3 is 1.44 bits per heavy atom. The molecule has 0 saturated heterocycles. The van der Waals surface area contributed by atoms with Gasteiger partial charge in [-0.3, -0.25) is 0 Å². The Morgan fingerprint density at radius 1 is 0.620 bits per heavy atom. The Balaban J connectivity index is 1.69. The van der Waals surface area contributed by atoms with Crippen LogP contribution in [0.15, 0.2) is 78.9 Å². The molecule has 2 aromatic rings. The molecule has 0 bridgehead atoms. The number of carbonyl (C=O) groups excluding carboxylic acids is 4. The first-order valence-corrected chi connectivity index (χ1v) is 16.7. The molecule has 0 heterocycles. The van der Waals surface area contributed by atoms with Crippen LogP contribution >= 0.6 is 0 Å². The van der Waals surface area contributed by atoms with Crippen molar-refractivity contribution in [3.8, 4) is 11.5 Å². The van der Waals surface area contributed by atoms with Gasteiger partial charge < -0.3 is 39.1 Å². The number of hydrogen-bond donors (Lipinski definition) is 2. The van der Waals surface area contributed by atoms with Gasteiger partial charge in [-0.25, -0.2) is 19.2 Å². The molecular weight excluding hydrogens is 644 g/mol. The second-order valence-corrected chi connectivity index (χ2v) is 12.8. The highest BCUT2D eigenvalue weighted by Gasteiger charge is 2.20. The fraction of sp³-hybridized carbons (Fsp3) is 0.474. The van der Waals surface area contributed by atoms with Gasteiger partial charge in [0.1, 0.15) is 37.9 Å². The van der Waals surface area contributed by atoms with Crippen molar-refractivity contribution in [2.45, 2.75) is 77.9 Å². The fourth-order valence-electron chi connectivity index (χ4n) is 4.13. The molecule has 0 aromatic heterocycles. The lowest BCUT2D eigenvalue weighted by Gasteiger charge is -2.21. The summed E-state index contributed by atoms with van der Waals surface area (Å²) in [6.07, 6.45) is -0.0428. The summed E-state index contributed by atoms with van der Waals surface area (Å²) in [6, 6.07) is 16.7. The van der Waals surface area contributed by atoms with Crippen LogP contribution in [0.1, 0.15) is 65.9 Å². The quantitative estimate of drug-likeness (QED) is 0.0648. The summed E-state index contributed by atoms with van der Waals surface area (Å²) in [5.74, 6) is 0.0164. The van der Waals surface area contributed by atoms with Crippen LogP contribution in [0, 0.1) is 0 Å². The summed E-state index contributed by atoms with van der Waals surface area (Å²) in [4.78, 5) is 48.6. The monoisotopic (exact) mass is 696 g/mol. The maximum Gasteiger partial charge on any atom is 0.407 e. The van der Waals surface area contributed by atoms with E-state index in [1.165, 1.54) is 13.8 Å². The number of carbonyl (C=O) groups is 4. The van der Waals surface area contributed by atoms with E-state index in [0.29, 0.717) is 37.4 Å². The lowest BCUT2D eigenvalue weighted by Crippen LogP contribution is -2.36. The lowest BCUT2D eigenvalue weighted by molar-refractivity contribution is -0.143. The number of para-hydroxylation sites is 1. The molecule has 2 N–H and O–H groups in total. The number of amides is 2. The first-order chi connectivity index (χ1) is 23.7. The van der Waals surface area contributed by atoms with E-state index in [1.807, 2.05) is 42.5 Å². The largest absolute Gasteiger partial charge is 0.490 e. The molecule has 2 rings (SSSR count). The molecule has 2 amide bonds. The van der Waals surface area contributed by atoms with E-state index < -0.39 is 36.3 Å². The van der Waals surface area contributed by atoms with Gasteiger partial charge in [-0.15, -0.1) is 0 Å². The van der Waals surface area contributed by atoms with Gasteiger partial charge in [0, 0.05) is 24.2 Å². The lowest BCUT2D eigenvalue weighted by atomic mass is 9.87. The van der Waals surface area contributed by atoms with Gasteiger partial charge in [-0.1, -0.05) is 77.1 Å². The third kappa shape index (κ3) is 17.4. The van der Waals surface area contributed by atoms with Crippen LogP contribution in [0.2, 0.25) is 0 Å². The zero-order chi connectivity index (χ0) is 36.9. The molecule has 0 spiro atoms. The summed E-state index contributed by atoms with van der Waals surface area (Å²) in [7, 11) is 0. The van der Waals surface area contributed by atoms with Crippen LogP contribution in [-0.2, 0) is 34.0 Å². The van der Waals surface area contributed by atoms with Crippen LogP contribution in [0.3, 0.4) is 0 Å². The number of alkyl carbamates (subject to hydrolysis) is 2. The highest BCUT2D eigenvalue weighted by molar-refractivity contribution is 5.87. The molecule has 0 radical (unpaired) electrons. The van der Waals surface area contributed by atoms with Crippen LogP contribution < -0.4 is 20.1 Å². The summed E-state index contributed by atoms with van der Waals surface area (Å²) < 4.78 is 32.8. The van der Waals surface area contributed by atoms with Gasteiger partial charge in [0.15, 0.2) is 12.2 Å². The Kier molecular flexibility index (Phi) is 18.0. The number of esters is 2. The Hall–Kier alpha value is -5.00. The predicted molar refractivity (Wildman–Crippen MR) is 189 cm³/mol. The van der Waals surface area contributed by atoms with E-state index in [1.54, 1.807) is 12.1 Å². The number of unbranched alkanes of at least 4 members (excludes halogenated alkanes) is 3. The molecule has 0 aliphatic carbocycles. The smallest absolute Gasteiger partial charge is 0.407 e. The number of benzene rings is 2. The molecule has 0 aliphatic rings. The molecule has 0 fully saturated rings. The number of ether oxygens (including phenoxy) is 6. The van der Waals surface area contributed by atoms with E-state index in [0.717, 1.165) is 18.4 Å². The van der Waals surface area contributed by atoms with E-state index in [-0.39, 0.29) is 43.0 Å². The van der Waals surface area contributed by atoms with Crippen LogP contribution in [0.25, 0.3) is 0 Å². The van der Waals surface area contributed by atoms with E-state index in [4.69, 9.17) is 28.4 Å². The fourth-order valence-corrected chi connectivity index (χ4v) is 4.13. The van der Waals surface area contributed by atoms with Crippen molar-refractivity contribution < 1.29 is 47.6 Å². The summed E-state index contributed by atoms with van der Waals surface area (Å²) in [5, 5.41) is 5.40. The average Bonchev–Trinajstić information content (AvgIpc) is 3.08. The zero-order valence-corrected chi connectivity index (χ0v) is 29.9. The molecule has 12 nitrogen and oxygen atoms in total. The van der Waals surface area contributed by atoms with Gasteiger partial charge in [-0.2, -0.15) is 0 Å². The Bertz CT molecular complexity index is 1390. The third-order valence-electron chi connectivity index (χ3n) is 7.02. The first-order valence-electron chi connectivity index (χ1n) is 16.7. The van der Waals surface area contributed by atoms with E-state index in [2.05, 4.69) is 44.6 Å². The first kappa shape index (κ1) is 41.2. The van der Waals surface area contributed by atoms with Gasteiger partial charge in [0.2, 0.25) is 0 Å². The maximum absolute atomic E-state index is 12.5. The molecule has 274 valence electrons. The topological polar surface area (TPSA) is 148 Å². The van der Waals surface area contributed by atoms with Crippen molar-refractivity contribution in [1.29, 1.82) is 0 Å². The molecule has 2 atom stereocenters. The summed E-state index contributed by atoms with van der Waals surface area (Å²) >= 11 is 0. The minimum Gasteiger partial charge on any atom is -0.490 e. The molecule has 0 saturated carbocycles. The third-order valence-corrected chi connectivity index (χ3v) is 7.02. The average molecular weight is 697 g/mol. The van der Waals surface area contributed by atoms with Crippen molar-refractivity contribution in [1.82, 2.24) is 10.6 Å². The Labute approximate surface area is 295 Å². The van der Waals surface area contributed by atoms with Crippen molar-refractivity contribution in [2.75, 3.05) is 39.5 Å². The van der Waals surface area contributed by atoms with Crippen molar-refractivity contribution in [3.63, 3.8) is 0 Å². The van der Waals surface area contributed by atoms with Crippen LogP contribution in [0.4, 0.5) is 9.59 Å². The predicted octanol–water partition coefficient (Wildman–Crippen LogP) is 6.43. The molecule has 0 aliphatic heterocycles. The van der Waals surface area contributed by atoms with Crippen molar-refractivity contribution in [2.24, 2.45) is 0 Å². The normalized spacial score (nSPS) is 12.0. The molecule has 50 heavy (non-hydrogen) atoms. The molecule has 12 heteroatoms. The van der Waals surface area contributed by atoms with E-state index in [9.17, 15) is 19.2 Å². The minimum absolute atomic E-state index is 0.00194. The van der Waals surface area contributed by atoms with Crippen molar-refractivity contribution >= 4 is 24.1 Å². The molecular formula is C38H52N2O10. The van der Waals surface area contributed by atoms with E-state index >= 15 is 0 Å². The minimum atomic E-state index is -0.839. The number of rotatable bonds is 21. The second-order valence-electron chi connectivity index (χ2n) is 12.8. The van der Waals surface area contributed by atoms with Gasteiger partial charge >= 0.3 is 24.1 Å². The zero-order valence-electron chi connectivity index (χ0n) is 29.9. The van der Waals surface area contributed by atoms with Crippen LogP contribution in [-0.4, -0.2) is 75.9 Å². The number of hydrogen-bond acceptors (Lipinski definition) is 10. The second kappa shape index (κ2) is 21.9. The summed E-state index contributed by atoms with van der Waals surface area (Å²) in [5.41, 5.74) is 1.62. The highest BCUT2D eigenvalue weighted by atomic mass is 16.6. The summed E-state index contributed by atoms with van der Waals surface area (Å²) in [6.45, 7) is 16.9. The standard InChI is InChI=1S/C38H52N2O10/c1-27(2)34(41)47-25-32(23-45-30-15-11-10-12-16-30)49-36(43)39-21-13-8-9-14-22-40-37(44)50-33(26-48-35(42)28(3)4)24-46-31-19-17-29(18-20-31)38(5,6)7/h10-12,15-20,32-33H,1,3,8-9,13-14,21-26H2,2,4-7H3,(H,39,43)(H,40,44). The van der Waals surface area contributed by atoms with Gasteiger partial charge in [0.25, 0.3) is 0 Å². The molecule has 2 unspecified atom stereocenters. The number of nitrogens with one attached hydrogen (secondary N) is 2. The maximum atomic E-state index is 12.5. The van der Waals surface area contributed by atoms with Gasteiger partial charge in [0.05, 0.1) is 0 Å². The Morgan fingerprint density at radius 2 is 1.04 bits per heavy atom. The SMILES string of the molecule is C=C(C)C(=O)OCC(COc1ccccc1)OC(=O)NCCCCCCNC(=O)OC(COC(=O)C(=C)C)COc1ccc(C(C)(C)C)cc1. The van der Waals surface area contributed by atoms with Gasteiger partial charge in [-0.05, 0) is 61.9 Å².